The van der Waals surface area contributed by atoms with Gasteiger partial charge in [0.1, 0.15) is 0 Å². The summed E-state index contributed by atoms with van der Waals surface area (Å²) in [6.07, 6.45) is 3.44. The van der Waals surface area contributed by atoms with Crippen molar-refractivity contribution in [2.24, 2.45) is 5.92 Å². The topological polar surface area (TPSA) is 90.7 Å². The number of rotatable bonds is 7. The number of hydrogen-bond acceptors (Lipinski definition) is 4. The van der Waals surface area contributed by atoms with E-state index >= 15 is 0 Å². The summed E-state index contributed by atoms with van der Waals surface area (Å²) >= 11 is 0. The van der Waals surface area contributed by atoms with Crippen LogP contribution in [0.4, 0.5) is 0 Å². The standard InChI is InChI=1S/C13H18N2O4/c1-10(13(18)19)9-15(7-2-8-16)12(17)11-3-5-14-6-4-11/h3-6,10,16H,2,7-9H2,1H3,(H,18,19). The Morgan fingerprint density at radius 2 is 2.00 bits per heavy atom. The maximum atomic E-state index is 12.2. The van der Waals surface area contributed by atoms with Gasteiger partial charge >= 0.3 is 5.97 Å². The summed E-state index contributed by atoms with van der Waals surface area (Å²) < 4.78 is 0. The molecule has 0 aromatic carbocycles. The number of carboxylic acid groups (broad SMARTS) is 1. The molecule has 0 radical (unpaired) electrons. The predicted molar refractivity (Wildman–Crippen MR) is 68.6 cm³/mol. The van der Waals surface area contributed by atoms with Crippen LogP contribution in [0.15, 0.2) is 24.5 Å². The first-order valence-electron chi connectivity index (χ1n) is 6.09. The fourth-order valence-electron chi connectivity index (χ4n) is 1.62. The van der Waals surface area contributed by atoms with Crippen LogP contribution in [0.1, 0.15) is 23.7 Å². The van der Waals surface area contributed by atoms with Crippen molar-refractivity contribution in [2.75, 3.05) is 19.7 Å². The second-order valence-electron chi connectivity index (χ2n) is 4.30. The van der Waals surface area contributed by atoms with Gasteiger partial charge in [-0.05, 0) is 18.6 Å². The lowest BCUT2D eigenvalue weighted by molar-refractivity contribution is -0.141. The van der Waals surface area contributed by atoms with Crippen LogP contribution in [-0.4, -0.2) is 51.7 Å². The fourth-order valence-corrected chi connectivity index (χ4v) is 1.62. The van der Waals surface area contributed by atoms with E-state index in [1.807, 2.05) is 0 Å². The summed E-state index contributed by atoms with van der Waals surface area (Å²) in [6.45, 7) is 1.96. The van der Waals surface area contributed by atoms with Crippen molar-refractivity contribution >= 4 is 11.9 Å². The molecule has 2 N–H and O–H groups in total. The molecule has 19 heavy (non-hydrogen) atoms. The van der Waals surface area contributed by atoms with E-state index in [2.05, 4.69) is 4.98 Å². The molecule has 6 heteroatoms. The third-order valence-corrected chi connectivity index (χ3v) is 2.72. The minimum absolute atomic E-state index is 0.0401. The highest BCUT2D eigenvalue weighted by atomic mass is 16.4. The highest BCUT2D eigenvalue weighted by molar-refractivity contribution is 5.94. The quantitative estimate of drug-likeness (QED) is 0.755. The summed E-state index contributed by atoms with van der Waals surface area (Å²) in [5.74, 6) is -1.84. The maximum Gasteiger partial charge on any atom is 0.308 e. The van der Waals surface area contributed by atoms with Gasteiger partial charge in [-0.1, -0.05) is 6.92 Å². The Morgan fingerprint density at radius 1 is 1.37 bits per heavy atom. The zero-order valence-electron chi connectivity index (χ0n) is 10.8. The molecule has 0 aliphatic rings. The molecule has 1 aromatic heterocycles. The average molecular weight is 266 g/mol. The predicted octanol–water partition coefficient (Wildman–Crippen LogP) is 0.627. The third kappa shape index (κ3) is 4.67. The number of aliphatic hydroxyl groups excluding tert-OH is 1. The number of pyridine rings is 1. The van der Waals surface area contributed by atoms with Crippen LogP contribution in [0.2, 0.25) is 0 Å². The molecule has 104 valence electrons. The van der Waals surface area contributed by atoms with Crippen LogP contribution in [0.25, 0.3) is 0 Å². The van der Waals surface area contributed by atoms with E-state index in [0.29, 0.717) is 18.5 Å². The van der Waals surface area contributed by atoms with Gasteiger partial charge in [-0.25, -0.2) is 0 Å². The van der Waals surface area contributed by atoms with Crippen molar-refractivity contribution in [1.82, 2.24) is 9.88 Å². The van der Waals surface area contributed by atoms with Crippen molar-refractivity contribution in [3.8, 4) is 0 Å². The third-order valence-electron chi connectivity index (χ3n) is 2.72. The van der Waals surface area contributed by atoms with E-state index in [1.165, 1.54) is 17.3 Å². The van der Waals surface area contributed by atoms with E-state index in [0.717, 1.165) is 0 Å². The Morgan fingerprint density at radius 3 is 2.53 bits per heavy atom. The lowest BCUT2D eigenvalue weighted by atomic mass is 10.1. The summed E-state index contributed by atoms with van der Waals surface area (Å²) in [5, 5.41) is 17.8. The summed E-state index contributed by atoms with van der Waals surface area (Å²) in [6, 6.07) is 3.17. The van der Waals surface area contributed by atoms with Crippen LogP contribution in [-0.2, 0) is 4.79 Å². The second kappa shape index (κ2) is 7.48. The SMILES string of the molecule is CC(CN(CCCO)C(=O)c1ccncc1)C(=O)O. The van der Waals surface area contributed by atoms with Crippen LogP contribution in [0.3, 0.4) is 0 Å². The lowest BCUT2D eigenvalue weighted by Crippen LogP contribution is -2.38. The molecule has 1 rings (SSSR count). The van der Waals surface area contributed by atoms with Gasteiger partial charge in [0, 0.05) is 37.7 Å². The lowest BCUT2D eigenvalue weighted by Gasteiger charge is -2.24. The Labute approximate surface area is 111 Å². The van der Waals surface area contributed by atoms with Crippen molar-refractivity contribution in [3.63, 3.8) is 0 Å². The van der Waals surface area contributed by atoms with Gasteiger partial charge in [0.2, 0.25) is 0 Å². The van der Waals surface area contributed by atoms with Crippen LogP contribution >= 0.6 is 0 Å². The number of carboxylic acids is 1. The van der Waals surface area contributed by atoms with Crippen LogP contribution < -0.4 is 0 Å². The minimum Gasteiger partial charge on any atom is -0.481 e. The molecular formula is C13H18N2O4. The molecule has 6 nitrogen and oxygen atoms in total. The van der Waals surface area contributed by atoms with Gasteiger partial charge in [-0.2, -0.15) is 0 Å². The van der Waals surface area contributed by atoms with Gasteiger partial charge in [0.05, 0.1) is 5.92 Å². The van der Waals surface area contributed by atoms with E-state index in [9.17, 15) is 9.59 Å². The second-order valence-corrected chi connectivity index (χ2v) is 4.30. The molecule has 1 atom stereocenters. The molecule has 0 spiro atoms. The number of aromatic nitrogens is 1. The number of nitrogens with zero attached hydrogens (tertiary/aromatic N) is 2. The molecular weight excluding hydrogens is 248 g/mol. The number of carbonyl (C=O) groups is 2. The van der Waals surface area contributed by atoms with Gasteiger partial charge < -0.3 is 15.1 Å². The van der Waals surface area contributed by atoms with E-state index in [1.54, 1.807) is 19.1 Å². The number of amides is 1. The van der Waals surface area contributed by atoms with Crippen molar-refractivity contribution in [2.45, 2.75) is 13.3 Å². The maximum absolute atomic E-state index is 12.2. The van der Waals surface area contributed by atoms with Gasteiger partial charge in [0.15, 0.2) is 0 Å². The fraction of sp³-hybridized carbons (Fsp3) is 0.462. The van der Waals surface area contributed by atoms with Gasteiger partial charge in [0.25, 0.3) is 5.91 Å². The summed E-state index contributed by atoms with van der Waals surface area (Å²) in [4.78, 5) is 28.4. The molecule has 1 aromatic rings. The normalized spacial score (nSPS) is 11.9. The zero-order chi connectivity index (χ0) is 14.3. The Kier molecular flexibility index (Phi) is 5.95. The number of aliphatic hydroxyl groups is 1. The number of carbonyl (C=O) groups excluding carboxylic acids is 1. The zero-order valence-corrected chi connectivity index (χ0v) is 10.8. The molecule has 1 amide bonds. The Bertz CT molecular complexity index is 422. The van der Waals surface area contributed by atoms with Crippen molar-refractivity contribution in [3.05, 3.63) is 30.1 Å². The molecule has 0 saturated heterocycles. The largest absolute Gasteiger partial charge is 0.481 e. The first kappa shape index (κ1) is 15.1. The van der Waals surface area contributed by atoms with E-state index in [-0.39, 0.29) is 19.1 Å². The Hall–Kier alpha value is -1.95. The average Bonchev–Trinajstić information content (AvgIpc) is 2.43. The molecule has 1 heterocycles. The van der Waals surface area contributed by atoms with Crippen LogP contribution in [0.5, 0.6) is 0 Å². The van der Waals surface area contributed by atoms with Crippen molar-refractivity contribution < 1.29 is 19.8 Å². The molecule has 1 unspecified atom stereocenters. The van der Waals surface area contributed by atoms with Crippen molar-refractivity contribution in [1.29, 1.82) is 0 Å². The number of aliphatic carboxylic acids is 1. The highest BCUT2D eigenvalue weighted by Gasteiger charge is 2.21. The summed E-state index contributed by atoms with van der Waals surface area (Å²) in [5.41, 5.74) is 0.463. The first-order valence-corrected chi connectivity index (χ1v) is 6.09. The summed E-state index contributed by atoms with van der Waals surface area (Å²) in [7, 11) is 0. The van der Waals surface area contributed by atoms with Gasteiger partial charge in [-0.3, -0.25) is 14.6 Å². The smallest absolute Gasteiger partial charge is 0.308 e. The minimum atomic E-state index is -0.948. The van der Waals surface area contributed by atoms with Gasteiger partial charge in [-0.15, -0.1) is 0 Å². The molecule has 0 fully saturated rings. The molecule has 0 saturated carbocycles. The van der Waals surface area contributed by atoms with E-state index < -0.39 is 11.9 Å². The Balaban J connectivity index is 2.78. The van der Waals surface area contributed by atoms with Crippen LogP contribution in [0, 0.1) is 5.92 Å². The molecule has 0 aliphatic carbocycles. The molecule has 0 bridgehead atoms. The molecule has 0 aliphatic heterocycles. The van der Waals surface area contributed by atoms with E-state index in [4.69, 9.17) is 10.2 Å². The monoisotopic (exact) mass is 266 g/mol. The highest BCUT2D eigenvalue weighted by Crippen LogP contribution is 2.08. The first-order chi connectivity index (χ1) is 9.06. The number of hydrogen-bond donors (Lipinski definition) is 2.